The molecular weight excluding hydrogens is 408 g/mol. The highest BCUT2D eigenvalue weighted by atomic mass is 14.2. The molecule has 34 heavy (non-hydrogen) atoms. The van der Waals surface area contributed by atoms with Gasteiger partial charge in [-0.2, -0.15) is 0 Å². The van der Waals surface area contributed by atoms with Crippen LogP contribution >= 0.6 is 0 Å². The Morgan fingerprint density at radius 2 is 1.12 bits per heavy atom. The van der Waals surface area contributed by atoms with E-state index < -0.39 is 0 Å². The van der Waals surface area contributed by atoms with E-state index in [1.807, 2.05) is 0 Å². The first kappa shape index (κ1) is 22.2. The Morgan fingerprint density at radius 1 is 0.559 bits per heavy atom. The van der Waals surface area contributed by atoms with E-state index in [4.69, 9.17) is 0 Å². The lowest BCUT2D eigenvalue weighted by Gasteiger charge is -2.22. The molecule has 0 nitrogen and oxygen atoms in total. The molecule has 0 saturated carbocycles. The first-order valence-corrected chi connectivity index (χ1v) is 12.4. The summed E-state index contributed by atoms with van der Waals surface area (Å²) >= 11 is 0. The van der Waals surface area contributed by atoms with Gasteiger partial charge in [0.05, 0.1) is 0 Å². The van der Waals surface area contributed by atoms with Crippen molar-refractivity contribution in [2.45, 2.75) is 40.0 Å². The van der Waals surface area contributed by atoms with E-state index in [2.05, 4.69) is 131 Å². The topological polar surface area (TPSA) is 0 Å². The summed E-state index contributed by atoms with van der Waals surface area (Å²) in [5, 5.41) is 2.60. The Morgan fingerprint density at radius 3 is 1.76 bits per heavy atom. The highest BCUT2D eigenvalue weighted by Gasteiger charge is 2.18. The second kappa shape index (κ2) is 9.31. The number of rotatable bonds is 5. The summed E-state index contributed by atoms with van der Waals surface area (Å²) in [5.74, 6) is 0.467. The Labute approximate surface area is 203 Å². The second-order valence-electron chi connectivity index (χ2n) is 9.53. The van der Waals surface area contributed by atoms with Crippen LogP contribution < -0.4 is 0 Å². The van der Waals surface area contributed by atoms with Crippen LogP contribution in [0.4, 0.5) is 0 Å². The molecule has 0 spiro atoms. The van der Waals surface area contributed by atoms with Crippen LogP contribution in [0.3, 0.4) is 0 Å². The Hall–Kier alpha value is -3.64. The molecule has 5 rings (SSSR count). The fraction of sp³-hybridized carbons (Fsp3) is 0.176. The first-order chi connectivity index (χ1) is 16.5. The second-order valence-corrected chi connectivity index (χ2v) is 9.53. The van der Waals surface area contributed by atoms with Gasteiger partial charge in [0.1, 0.15) is 0 Å². The zero-order valence-corrected chi connectivity index (χ0v) is 20.6. The van der Waals surface area contributed by atoms with E-state index in [1.165, 1.54) is 60.8 Å². The van der Waals surface area contributed by atoms with Crippen LogP contribution in [0.15, 0.2) is 103 Å². The van der Waals surface area contributed by atoms with E-state index in [0.717, 1.165) is 6.42 Å². The normalized spacial score (nSPS) is 12.1. The van der Waals surface area contributed by atoms with E-state index in [9.17, 15) is 0 Å². The molecule has 0 bridgehead atoms. The molecule has 0 N–H and O–H groups in total. The van der Waals surface area contributed by atoms with Gasteiger partial charge >= 0.3 is 0 Å². The van der Waals surface area contributed by atoms with Gasteiger partial charge in [-0.05, 0) is 87.5 Å². The largest absolute Gasteiger partial charge is 0.0648 e. The summed E-state index contributed by atoms with van der Waals surface area (Å²) < 4.78 is 0. The number of hydrogen-bond acceptors (Lipinski definition) is 0. The molecule has 0 aliphatic heterocycles. The third-order valence-corrected chi connectivity index (χ3v) is 7.17. The maximum absolute atomic E-state index is 2.37. The van der Waals surface area contributed by atoms with Crippen molar-refractivity contribution in [1.29, 1.82) is 0 Å². The van der Waals surface area contributed by atoms with Crippen molar-refractivity contribution in [3.8, 4) is 33.4 Å². The van der Waals surface area contributed by atoms with E-state index in [1.54, 1.807) is 0 Å². The van der Waals surface area contributed by atoms with Gasteiger partial charge in [0.25, 0.3) is 0 Å². The number of fused-ring (bicyclic) bond motifs is 1. The lowest BCUT2D eigenvalue weighted by molar-refractivity contribution is 0.737. The van der Waals surface area contributed by atoms with Crippen LogP contribution in [0.1, 0.15) is 42.9 Å². The van der Waals surface area contributed by atoms with Gasteiger partial charge in [-0.1, -0.05) is 116 Å². The average Bonchev–Trinajstić information content (AvgIpc) is 2.88. The van der Waals surface area contributed by atoms with Crippen LogP contribution in [-0.4, -0.2) is 0 Å². The summed E-state index contributed by atoms with van der Waals surface area (Å²) in [6, 6.07) is 38.0. The van der Waals surface area contributed by atoms with E-state index in [-0.39, 0.29) is 0 Å². The van der Waals surface area contributed by atoms with Gasteiger partial charge in [0, 0.05) is 0 Å². The molecule has 0 radical (unpaired) electrons. The van der Waals surface area contributed by atoms with Crippen molar-refractivity contribution in [1.82, 2.24) is 0 Å². The molecule has 0 fully saturated rings. The molecule has 5 aromatic carbocycles. The molecule has 0 aromatic heterocycles. The van der Waals surface area contributed by atoms with Crippen molar-refractivity contribution in [2.24, 2.45) is 0 Å². The Bertz CT molecular complexity index is 1440. The summed E-state index contributed by atoms with van der Waals surface area (Å²) in [7, 11) is 0. The maximum Gasteiger partial charge on any atom is -0.0140 e. The van der Waals surface area contributed by atoms with Gasteiger partial charge in [-0.15, -0.1) is 0 Å². The van der Waals surface area contributed by atoms with Gasteiger partial charge < -0.3 is 0 Å². The van der Waals surface area contributed by atoms with Crippen molar-refractivity contribution in [3.05, 3.63) is 120 Å². The lowest BCUT2D eigenvalue weighted by atomic mass is 9.82. The fourth-order valence-corrected chi connectivity index (χ4v) is 5.02. The number of hydrogen-bond donors (Lipinski definition) is 0. The first-order valence-electron chi connectivity index (χ1n) is 12.4. The molecule has 0 amide bonds. The monoisotopic (exact) mass is 440 g/mol. The molecule has 1 atom stereocenters. The van der Waals surface area contributed by atoms with Crippen molar-refractivity contribution >= 4 is 10.8 Å². The zero-order valence-electron chi connectivity index (χ0n) is 20.6. The molecule has 1 unspecified atom stereocenters. The molecular formula is C34H32. The molecule has 168 valence electrons. The lowest BCUT2D eigenvalue weighted by Crippen LogP contribution is -2.00. The third kappa shape index (κ3) is 4.17. The van der Waals surface area contributed by atoms with Gasteiger partial charge in [-0.3, -0.25) is 0 Å². The zero-order chi connectivity index (χ0) is 23.7. The summed E-state index contributed by atoms with van der Waals surface area (Å²) in [5.41, 5.74) is 11.9. The molecule has 0 heterocycles. The SMILES string of the molecule is CCC(C)c1c(-c2ccc(-c3ccc(C)cc3)cc2)cccc1-c1cc2ccccc2cc1C. The minimum atomic E-state index is 0.467. The Balaban J connectivity index is 1.64. The van der Waals surface area contributed by atoms with Crippen LogP contribution in [0.2, 0.25) is 0 Å². The van der Waals surface area contributed by atoms with Gasteiger partial charge in [0.15, 0.2) is 0 Å². The molecule has 0 saturated heterocycles. The quantitative estimate of drug-likeness (QED) is 0.255. The van der Waals surface area contributed by atoms with Gasteiger partial charge in [-0.25, -0.2) is 0 Å². The summed E-state index contributed by atoms with van der Waals surface area (Å²) in [6.45, 7) is 9.02. The van der Waals surface area contributed by atoms with Crippen molar-refractivity contribution in [2.75, 3.05) is 0 Å². The van der Waals surface area contributed by atoms with Crippen LogP contribution in [0, 0.1) is 13.8 Å². The smallest absolute Gasteiger partial charge is 0.0140 e. The predicted octanol–water partition coefficient (Wildman–Crippen LogP) is 9.97. The fourth-order valence-electron chi connectivity index (χ4n) is 5.02. The minimum absolute atomic E-state index is 0.467. The highest BCUT2D eigenvalue weighted by Crippen LogP contribution is 2.41. The molecule has 5 aromatic rings. The Kier molecular flexibility index (Phi) is 6.07. The predicted molar refractivity (Wildman–Crippen MR) is 148 cm³/mol. The number of aryl methyl sites for hydroxylation is 2. The van der Waals surface area contributed by atoms with Crippen LogP contribution in [0.5, 0.6) is 0 Å². The molecule has 0 heteroatoms. The van der Waals surface area contributed by atoms with E-state index >= 15 is 0 Å². The van der Waals surface area contributed by atoms with Crippen molar-refractivity contribution in [3.63, 3.8) is 0 Å². The van der Waals surface area contributed by atoms with E-state index in [0.29, 0.717) is 5.92 Å². The molecule has 0 aliphatic rings. The average molecular weight is 441 g/mol. The van der Waals surface area contributed by atoms with Gasteiger partial charge in [0.2, 0.25) is 0 Å². The highest BCUT2D eigenvalue weighted by molar-refractivity contribution is 5.91. The maximum atomic E-state index is 2.37. The summed E-state index contributed by atoms with van der Waals surface area (Å²) in [4.78, 5) is 0. The van der Waals surface area contributed by atoms with Crippen molar-refractivity contribution < 1.29 is 0 Å². The number of benzene rings is 5. The minimum Gasteiger partial charge on any atom is -0.0648 e. The molecule has 0 aliphatic carbocycles. The van der Waals surface area contributed by atoms with Crippen LogP contribution in [-0.2, 0) is 0 Å². The third-order valence-electron chi connectivity index (χ3n) is 7.17. The standard InChI is InChI=1S/C34H32/c1-5-24(3)34-31(28-19-17-27(18-20-28)26-15-13-23(2)14-16-26)11-8-12-32(34)33-22-30-10-7-6-9-29(30)21-25(33)4/h6-22,24H,5H2,1-4H3. The summed E-state index contributed by atoms with van der Waals surface area (Å²) in [6.07, 6.45) is 1.11. The van der Waals surface area contributed by atoms with Crippen LogP contribution in [0.25, 0.3) is 44.2 Å².